The number of ketones is 1. The Bertz CT molecular complexity index is 740. The van der Waals surface area contributed by atoms with E-state index < -0.39 is 17.0 Å². The lowest BCUT2D eigenvalue weighted by Gasteiger charge is -2.27. The molecule has 0 fully saturated rings. The summed E-state index contributed by atoms with van der Waals surface area (Å²) < 4.78 is 14.2. The lowest BCUT2D eigenvalue weighted by Crippen LogP contribution is -2.37. The number of hydrogen-bond acceptors (Lipinski definition) is 4. The number of hydrogen-bond donors (Lipinski definition) is 1. The molecule has 3 rings (SSSR count). The van der Waals surface area contributed by atoms with Gasteiger partial charge in [0.15, 0.2) is 0 Å². The van der Waals surface area contributed by atoms with Crippen molar-refractivity contribution in [3.05, 3.63) is 66.9 Å². The van der Waals surface area contributed by atoms with Crippen molar-refractivity contribution in [2.75, 3.05) is 5.01 Å². The van der Waals surface area contributed by atoms with Gasteiger partial charge in [0.1, 0.15) is 11.6 Å². The molecular weight excluding hydrogens is 329 g/mol. The van der Waals surface area contributed by atoms with E-state index in [0.29, 0.717) is 0 Å². The van der Waals surface area contributed by atoms with Crippen LogP contribution in [0.2, 0.25) is 0 Å². The van der Waals surface area contributed by atoms with E-state index in [1.54, 1.807) is 29.4 Å². The van der Waals surface area contributed by atoms with Gasteiger partial charge in [0.05, 0.1) is 11.6 Å². The normalized spacial score (nSPS) is 28.8. The number of anilines is 1. The second kappa shape index (κ2) is 6.61. The smallest absolute Gasteiger partial charge is 0.208 e. The van der Waals surface area contributed by atoms with Gasteiger partial charge in [-0.3, -0.25) is 4.79 Å². The molecule has 0 radical (unpaired) electrons. The van der Waals surface area contributed by atoms with Crippen LogP contribution in [0.25, 0.3) is 0 Å². The average Bonchev–Trinajstić information content (AvgIpc) is 2.57. The number of amidine groups is 1. The molecule has 1 aromatic rings. The topological polar surface area (TPSA) is 58.7 Å². The molecule has 0 aromatic heterocycles. The van der Waals surface area contributed by atoms with Crippen LogP contribution in [-0.2, 0) is 4.79 Å². The standard InChI is InChI=1S/C18H17ClFN3O/c19-18(20)10-5-4-6-13(18)12-16(24)15-9-11-23(22-17(15)21)14-7-2-1-3-8-14/h1-11,13,15H,12H2,(H2,21,22). The van der Waals surface area contributed by atoms with Gasteiger partial charge in [-0.2, -0.15) is 5.10 Å². The number of carbonyl (C=O) groups excluding carboxylic acids is 1. The molecule has 0 amide bonds. The van der Waals surface area contributed by atoms with E-state index in [0.717, 1.165) is 5.69 Å². The highest BCUT2D eigenvalue weighted by Gasteiger charge is 2.37. The van der Waals surface area contributed by atoms with Crippen LogP contribution in [-0.4, -0.2) is 16.7 Å². The second-order valence-corrected chi connectivity index (χ2v) is 6.30. The summed E-state index contributed by atoms with van der Waals surface area (Å²) in [7, 11) is 0. The van der Waals surface area contributed by atoms with Crippen LogP contribution in [0.15, 0.2) is 72.0 Å². The van der Waals surface area contributed by atoms with Crippen molar-refractivity contribution in [3.63, 3.8) is 0 Å². The molecule has 3 atom stereocenters. The zero-order chi connectivity index (χ0) is 17.2. The van der Waals surface area contributed by atoms with Crippen LogP contribution < -0.4 is 10.7 Å². The highest BCUT2D eigenvalue weighted by Crippen LogP contribution is 2.36. The minimum atomic E-state index is -2.05. The zero-order valence-electron chi connectivity index (χ0n) is 12.8. The lowest BCUT2D eigenvalue weighted by molar-refractivity contribution is -0.121. The van der Waals surface area contributed by atoms with Crippen LogP contribution >= 0.6 is 11.6 Å². The highest BCUT2D eigenvalue weighted by atomic mass is 35.5. The molecule has 3 unspecified atom stereocenters. The Balaban J connectivity index is 1.70. The molecule has 2 aliphatic rings. The summed E-state index contributed by atoms with van der Waals surface area (Å²) in [6.45, 7) is 0. The average molecular weight is 346 g/mol. The molecule has 0 saturated carbocycles. The summed E-state index contributed by atoms with van der Waals surface area (Å²) in [5.41, 5.74) is 6.80. The number of alkyl halides is 2. The molecular formula is C18H17ClFN3O. The third-order valence-electron chi connectivity index (χ3n) is 4.02. The monoisotopic (exact) mass is 345 g/mol. The van der Waals surface area contributed by atoms with Gasteiger partial charge < -0.3 is 5.73 Å². The minimum Gasteiger partial charge on any atom is -0.385 e. The maximum absolute atomic E-state index is 14.2. The summed E-state index contributed by atoms with van der Waals surface area (Å²) in [6, 6.07) is 9.44. The number of hydrazone groups is 1. The van der Waals surface area contributed by atoms with Crippen molar-refractivity contribution in [2.45, 2.75) is 11.5 Å². The molecule has 124 valence electrons. The summed E-state index contributed by atoms with van der Waals surface area (Å²) in [4.78, 5) is 12.5. The van der Waals surface area contributed by atoms with Crippen LogP contribution in [0.4, 0.5) is 10.1 Å². The van der Waals surface area contributed by atoms with Gasteiger partial charge in [0.2, 0.25) is 5.13 Å². The van der Waals surface area contributed by atoms with Gasteiger partial charge in [-0.1, -0.05) is 48.0 Å². The summed E-state index contributed by atoms with van der Waals surface area (Å²) in [5, 5.41) is 3.80. The van der Waals surface area contributed by atoms with Crippen molar-refractivity contribution in [1.82, 2.24) is 0 Å². The maximum Gasteiger partial charge on any atom is 0.208 e. The highest BCUT2D eigenvalue weighted by molar-refractivity contribution is 6.24. The molecule has 6 heteroatoms. The van der Waals surface area contributed by atoms with E-state index in [4.69, 9.17) is 17.3 Å². The Hall–Kier alpha value is -2.40. The van der Waals surface area contributed by atoms with Gasteiger partial charge >= 0.3 is 0 Å². The second-order valence-electron chi connectivity index (χ2n) is 5.72. The van der Waals surface area contributed by atoms with Crippen molar-refractivity contribution in [2.24, 2.45) is 22.7 Å². The van der Waals surface area contributed by atoms with Gasteiger partial charge in [-0.05, 0) is 24.3 Å². The molecule has 1 aromatic carbocycles. The third kappa shape index (κ3) is 3.41. The summed E-state index contributed by atoms with van der Waals surface area (Å²) in [6.07, 6.45) is 9.38. The van der Waals surface area contributed by atoms with Gasteiger partial charge in [0.25, 0.3) is 0 Å². The Morgan fingerprint density at radius 3 is 2.71 bits per heavy atom. The van der Waals surface area contributed by atoms with Crippen LogP contribution in [0.5, 0.6) is 0 Å². The lowest BCUT2D eigenvalue weighted by atomic mass is 9.88. The minimum absolute atomic E-state index is 0.0442. The predicted octanol–water partition coefficient (Wildman–Crippen LogP) is 3.51. The summed E-state index contributed by atoms with van der Waals surface area (Å²) in [5.74, 6) is -1.42. The van der Waals surface area contributed by atoms with E-state index in [9.17, 15) is 9.18 Å². The first kappa shape index (κ1) is 16.5. The molecule has 24 heavy (non-hydrogen) atoms. The van der Waals surface area contributed by atoms with Crippen molar-refractivity contribution < 1.29 is 9.18 Å². The molecule has 0 saturated heterocycles. The molecule has 1 aliphatic carbocycles. The molecule has 2 N–H and O–H groups in total. The molecule has 0 spiro atoms. The van der Waals surface area contributed by atoms with Crippen molar-refractivity contribution in [1.29, 1.82) is 0 Å². The quantitative estimate of drug-likeness (QED) is 0.849. The largest absolute Gasteiger partial charge is 0.385 e. The fourth-order valence-electron chi connectivity index (χ4n) is 2.66. The number of carbonyl (C=O) groups is 1. The zero-order valence-corrected chi connectivity index (χ0v) is 13.6. The van der Waals surface area contributed by atoms with E-state index in [1.165, 1.54) is 12.2 Å². The maximum atomic E-state index is 14.2. The Morgan fingerprint density at radius 1 is 1.29 bits per heavy atom. The first-order valence-electron chi connectivity index (χ1n) is 7.60. The molecule has 1 heterocycles. The van der Waals surface area contributed by atoms with Crippen molar-refractivity contribution >= 4 is 28.9 Å². The van der Waals surface area contributed by atoms with E-state index in [-0.39, 0.29) is 18.0 Å². The molecule has 4 nitrogen and oxygen atoms in total. The summed E-state index contributed by atoms with van der Waals surface area (Å²) >= 11 is 5.82. The first-order chi connectivity index (χ1) is 11.5. The number of allylic oxidation sites excluding steroid dienone is 4. The first-order valence-corrected chi connectivity index (χ1v) is 7.98. The van der Waals surface area contributed by atoms with Gasteiger partial charge in [-0.25, -0.2) is 9.40 Å². The Kier molecular flexibility index (Phi) is 4.53. The SMILES string of the molecule is NC1=NN(c2ccccc2)C=CC1C(=O)CC1C=CC=CC1(F)Cl. The number of Topliss-reactive ketones (excluding diaryl/α,β-unsaturated/α-hetero) is 1. The third-order valence-corrected chi connectivity index (χ3v) is 4.42. The molecule has 1 aliphatic heterocycles. The van der Waals surface area contributed by atoms with Crippen LogP contribution in [0.1, 0.15) is 6.42 Å². The van der Waals surface area contributed by atoms with E-state index in [1.807, 2.05) is 30.3 Å². The number of rotatable bonds is 4. The fraction of sp³-hybridized carbons (Fsp3) is 0.222. The van der Waals surface area contributed by atoms with Crippen LogP contribution in [0.3, 0.4) is 0 Å². The van der Waals surface area contributed by atoms with Gasteiger partial charge in [-0.15, -0.1) is 0 Å². The number of halogens is 2. The number of nitrogens with two attached hydrogens (primary N) is 1. The van der Waals surface area contributed by atoms with Crippen molar-refractivity contribution in [3.8, 4) is 0 Å². The van der Waals surface area contributed by atoms with Gasteiger partial charge in [0, 0.05) is 18.5 Å². The number of nitrogens with zero attached hydrogens (tertiary/aromatic N) is 2. The predicted molar refractivity (Wildman–Crippen MR) is 94.3 cm³/mol. The fourth-order valence-corrected chi connectivity index (χ4v) is 2.89. The van der Waals surface area contributed by atoms with Crippen LogP contribution in [0, 0.1) is 11.8 Å². The Labute approximate surface area is 144 Å². The molecule has 0 bridgehead atoms. The number of para-hydroxylation sites is 1. The number of benzene rings is 1. The Morgan fingerprint density at radius 2 is 2.04 bits per heavy atom. The van der Waals surface area contributed by atoms with E-state index in [2.05, 4.69) is 5.10 Å². The van der Waals surface area contributed by atoms with E-state index >= 15 is 0 Å².